The number of carbonyl (C=O) groups excluding carboxylic acids is 1. The SMILES string of the molecule is COCC(C)NC(=O)NCc1cccc(OCC(F)F)c1. The van der Waals surface area contributed by atoms with Gasteiger partial charge in [0.15, 0.2) is 0 Å². The normalized spacial score (nSPS) is 12.0. The third kappa shape index (κ3) is 7.45. The number of hydrogen-bond donors (Lipinski definition) is 2. The molecule has 0 heterocycles. The smallest absolute Gasteiger partial charge is 0.315 e. The minimum atomic E-state index is -2.51. The van der Waals surface area contributed by atoms with Crippen molar-refractivity contribution in [3.05, 3.63) is 29.8 Å². The minimum absolute atomic E-state index is 0.101. The lowest BCUT2D eigenvalue weighted by molar-refractivity contribution is 0.0818. The van der Waals surface area contributed by atoms with Gasteiger partial charge in [-0.15, -0.1) is 0 Å². The molecule has 0 fully saturated rings. The maximum Gasteiger partial charge on any atom is 0.315 e. The van der Waals surface area contributed by atoms with Gasteiger partial charge in [0.25, 0.3) is 6.43 Å². The number of carbonyl (C=O) groups is 1. The number of rotatable bonds is 8. The average Bonchev–Trinajstić information content (AvgIpc) is 2.43. The van der Waals surface area contributed by atoms with E-state index >= 15 is 0 Å². The first kappa shape index (κ1) is 17.2. The van der Waals surface area contributed by atoms with Crippen LogP contribution in [0.25, 0.3) is 0 Å². The van der Waals surface area contributed by atoms with E-state index in [1.807, 2.05) is 6.92 Å². The van der Waals surface area contributed by atoms with Crippen molar-refractivity contribution in [2.45, 2.75) is 25.9 Å². The molecule has 2 amide bonds. The molecule has 7 heteroatoms. The third-order valence-corrected chi connectivity index (χ3v) is 2.52. The lowest BCUT2D eigenvalue weighted by Crippen LogP contribution is -2.42. The van der Waals surface area contributed by atoms with Gasteiger partial charge in [-0.25, -0.2) is 13.6 Å². The Bertz CT molecular complexity index is 444. The van der Waals surface area contributed by atoms with Gasteiger partial charge in [-0.05, 0) is 24.6 Å². The summed E-state index contributed by atoms with van der Waals surface area (Å²) in [6.07, 6.45) is -2.51. The van der Waals surface area contributed by atoms with Crippen LogP contribution in [-0.2, 0) is 11.3 Å². The topological polar surface area (TPSA) is 59.6 Å². The molecule has 5 nitrogen and oxygen atoms in total. The standard InChI is InChI=1S/C14H20F2N2O3/c1-10(8-20-2)18-14(19)17-7-11-4-3-5-12(6-11)21-9-13(15)16/h3-6,10,13H,7-9H2,1-2H3,(H2,17,18,19). The number of alkyl halides is 2. The number of ether oxygens (including phenoxy) is 2. The van der Waals surface area contributed by atoms with E-state index in [9.17, 15) is 13.6 Å². The zero-order valence-electron chi connectivity index (χ0n) is 12.1. The van der Waals surface area contributed by atoms with Gasteiger partial charge in [0.2, 0.25) is 0 Å². The molecule has 2 N–H and O–H groups in total. The van der Waals surface area contributed by atoms with E-state index in [0.29, 0.717) is 12.4 Å². The van der Waals surface area contributed by atoms with E-state index < -0.39 is 13.0 Å². The number of methoxy groups -OCH3 is 1. The summed E-state index contributed by atoms with van der Waals surface area (Å²) in [5.74, 6) is 0.350. The first-order chi connectivity index (χ1) is 10.0. The van der Waals surface area contributed by atoms with Crippen LogP contribution in [0.5, 0.6) is 5.75 Å². The predicted octanol–water partition coefficient (Wildman–Crippen LogP) is 2.16. The van der Waals surface area contributed by atoms with Crippen LogP contribution in [0.2, 0.25) is 0 Å². The van der Waals surface area contributed by atoms with Crippen molar-refractivity contribution in [3.8, 4) is 5.75 Å². The first-order valence-corrected chi connectivity index (χ1v) is 6.54. The molecule has 1 unspecified atom stereocenters. The monoisotopic (exact) mass is 302 g/mol. The zero-order chi connectivity index (χ0) is 15.7. The molecule has 0 aliphatic rings. The highest BCUT2D eigenvalue weighted by Crippen LogP contribution is 2.14. The largest absolute Gasteiger partial charge is 0.488 e. The van der Waals surface area contributed by atoms with Gasteiger partial charge in [0.05, 0.1) is 12.6 Å². The summed E-state index contributed by atoms with van der Waals surface area (Å²) in [5.41, 5.74) is 0.760. The molecule has 118 valence electrons. The molecule has 21 heavy (non-hydrogen) atoms. The second-order valence-corrected chi connectivity index (χ2v) is 4.53. The molecule has 0 saturated carbocycles. The summed E-state index contributed by atoms with van der Waals surface area (Å²) in [7, 11) is 1.56. The molecule has 0 radical (unpaired) electrons. The lowest BCUT2D eigenvalue weighted by atomic mass is 10.2. The van der Waals surface area contributed by atoms with Gasteiger partial charge in [-0.1, -0.05) is 12.1 Å². The summed E-state index contributed by atoms with van der Waals surface area (Å²) in [5, 5.41) is 5.37. The fourth-order valence-electron chi connectivity index (χ4n) is 1.65. The van der Waals surface area contributed by atoms with Crippen LogP contribution in [0.4, 0.5) is 13.6 Å². The lowest BCUT2D eigenvalue weighted by Gasteiger charge is -2.14. The fraction of sp³-hybridized carbons (Fsp3) is 0.500. The Kier molecular flexibility index (Phi) is 7.45. The Hall–Kier alpha value is -1.89. The van der Waals surface area contributed by atoms with Gasteiger partial charge < -0.3 is 20.1 Å². The second kappa shape index (κ2) is 9.12. The van der Waals surface area contributed by atoms with E-state index in [0.717, 1.165) is 5.56 Å². The quantitative estimate of drug-likeness (QED) is 0.773. The summed E-state index contributed by atoms with van der Waals surface area (Å²) in [4.78, 5) is 11.6. The molecule has 0 spiro atoms. The first-order valence-electron chi connectivity index (χ1n) is 6.54. The van der Waals surface area contributed by atoms with Crippen LogP contribution < -0.4 is 15.4 Å². The van der Waals surface area contributed by atoms with E-state index in [4.69, 9.17) is 9.47 Å². The summed E-state index contributed by atoms with van der Waals surface area (Å²) < 4.78 is 33.9. The van der Waals surface area contributed by atoms with Gasteiger partial charge in [-0.3, -0.25) is 0 Å². The second-order valence-electron chi connectivity index (χ2n) is 4.53. The van der Waals surface area contributed by atoms with E-state index in [1.54, 1.807) is 31.4 Å². The molecular formula is C14H20F2N2O3. The molecular weight excluding hydrogens is 282 g/mol. The maximum absolute atomic E-state index is 12.1. The van der Waals surface area contributed by atoms with Gasteiger partial charge in [0.1, 0.15) is 12.4 Å². The average molecular weight is 302 g/mol. The molecule has 1 aromatic carbocycles. The molecule has 0 aromatic heterocycles. The van der Waals surface area contributed by atoms with E-state index in [1.165, 1.54) is 0 Å². The van der Waals surface area contributed by atoms with Crippen LogP contribution in [0.1, 0.15) is 12.5 Å². The Morgan fingerprint density at radius 3 is 2.76 bits per heavy atom. The number of hydrogen-bond acceptors (Lipinski definition) is 3. The van der Waals surface area contributed by atoms with Gasteiger partial charge in [0, 0.05) is 13.7 Å². The maximum atomic E-state index is 12.1. The number of urea groups is 1. The van der Waals surface area contributed by atoms with Crippen molar-refractivity contribution in [2.75, 3.05) is 20.3 Å². The minimum Gasteiger partial charge on any atom is -0.488 e. The highest BCUT2D eigenvalue weighted by atomic mass is 19.3. The number of halogens is 2. The number of amides is 2. The fourth-order valence-corrected chi connectivity index (χ4v) is 1.65. The highest BCUT2D eigenvalue weighted by Gasteiger charge is 2.07. The van der Waals surface area contributed by atoms with Gasteiger partial charge >= 0.3 is 6.03 Å². The van der Waals surface area contributed by atoms with Gasteiger partial charge in [-0.2, -0.15) is 0 Å². The van der Waals surface area contributed by atoms with Crippen molar-refractivity contribution in [2.24, 2.45) is 0 Å². The highest BCUT2D eigenvalue weighted by molar-refractivity contribution is 5.74. The number of benzene rings is 1. The van der Waals surface area contributed by atoms with Crippen molar-refractivity contribution < 1.29 is 23.0 Å². The Balaban J connectivity index is 2.40. The van der Waals surface area contributed by atoms with Crippen molar-refractivity contribution in [1.29, 1.82) is 0 Å². The van der Waals surface area contributed by atoms with Crippen LogP contribution >= 0.6 is 0 Å². The molecule has 0 saturated heterocycles. The van der Waals surface area contributed by atoms with Crippen LogP contribution in [0.15, 0.2) is 24.3 Å². The summed E-state index contributed by atoms with van der Waals surface area (Å²) in [6, 6.07) is 6.24. The van der Waals surface area contributed by atoms with E-state index in [2.05, 4.69) is 10.6 Å². The molecule has 0 aliphatic carbocycles. The summed E-state index contributed by atoms with van der Waals surface area (Å²) >= 11 is 0. The molecule has 0 bridgehead atoms. The van der Waals surface area contributed by atoms with Crippen LogP contribution in [-0.4, -0.2) is 38.8 Å². The van der Waals surface area contributed by atoms with Crippen molar-refractivity contribution >= 4 is 6.03 Å². The zero-order valence-corrected chi connectivity index (χ0v) is 12.1. The molecule has 0 aliphatic heterocycles. The van der Waals surface area contributed by atoms with E-state index in [-0.39, 0.29) is 18.6 Å². The predicted molar refractivity (Wildman–Crippen MR) is 74.7 cm³/mol. The molecule has 1 atom stereocenters. The molecule has 1 aromatic rings. The van der Waals surface area contributed by atoms with Crippen LogP contribution in [0, 0.1) is 0 Å². The van der Waals surface area contributed by atoms with Crippen molar-refractivity contribution in [1.82, 2.24) is 10.6 Å². The Morgan fingerprint density at radius 2 is 2.10 bits per heavy atom. The van der Waals surface area contributed by atoms with Crippen LogP contribution in [0.3, 0.4) is 0 Å². The molecule has 1 rings (SSSR count). The Morgan fingerprint density at radius 1 is 1.33 bits per heavy atom. The number of nitrogens with one attached hydrogen (secondary N) is 2. The Labute approximate surface area is 122 Å². The van der Waals surface area contributed by atoms with Crippen molar-refractivity contribution in [3.63, 3.8) is 0 Å². The summed E-state index contributed by atoms with van der Waals surface area (Å²) in [6.45, 7) is 1.87. The third-order valence-electron chi connectivity index (χ3n) is 2.52.